The summed E-state index contributed by atoms with van der Waals surface area (Å²) in [5.74, 6) is -0.589. The summed E-state index contributed by atoms with van der Waals surface area (Å²) in [5.41, 5.74) is 2.51. The highest BCUT2D eigenvalue weighted by Crippen LogP contribution is 2.24. The van der Waals surface area contributed by atoms with Crippen LogP contribution in [0.2, 0.25) is 0 Å². The van der Waals surface area contributed by atoms with E-state index < -0.39 is 21.5 Å². The zero-order chi connectivity index (χ0) is 24.2. The molecule has 3 rings (SSSR count). The number of carbonyl (C=O) groups excluding carboxylic acids is 1. The molecule has 1 N–H and O–H groups in total. The molecule has 0 aliphatic heterocycles. The Morgan fingerprint density at radius 2 is 1.73 bits per heavy atom. The van der Waals surface area contributed by atoms with Crippen LogP contribution in [0.4, 0.5) is 5.69 Å². The van der Waals surface area contributed by atoms with E-state index in [0.29, 0.717) is 30.9 Å². The maximum absolute atomic E-state index is 13.0. The van der Waals surface area contributed by atoms with Crippen molar-refractivity contribution in [3.05, 3.63) is 93.4 Å². The molecule has 0 unspecified atom stereocenters. The van der Waals surface area contributed by atoms with E-state index in [9.17, 15) is 18.0 Å². The number of benzene rings is 2. The SMILES string of the molecule is CCN(CC)S(=O)(=O)c1cc(NC(=O)c2cccn(Cc3cccc(C)c3)c2=O)ccc1C. The summed E-state index contributed by atoms with van der Waals surface area (Å²) in [6.07, 6.45) is 1.64. The Labute approximate surface area is 194 Å². The molecule has 33 heavy (non-hydrogen) atoms. The molecule has 0 saturated heterocycles. The lowest BCUT2D eigenvalue weighted by molar-refractivity contribution is 0.102. The molecule has 8 heteroatoms. The zero-order valence-electron chi connectivity index (χ0n) is 19.3. The standard InChI is InChI=1S/C25H29N3O4S/c1-5-28(6-2)33(31,32)23-16-21(13-12-19(23)4)26-24(29)22-11-8-14-27(25(22)30)17-20-10-7-9-18(3)15-20/h7-16H,5-6,17H2,1-4H3,(H,26,29). The van der Waals surface area contributed by atoms with Crippen LogP contribution in [0.3, 0.4) is 0 Å². The molecule has 0 bridgehead atoms. The van der Waals surface area contributed by atoms with Crippen LogP contribution in [-0.4, -0.2) is 36.3 Å². The molecule has 1 amide bonds. The number of hydrogen-bond acceptors (Lipinski definition) is 4. The van der Waals surface area contributed by atoms with Gasteiger partial charge in [-0.2, -0.15) is 4.31 Å². The van der Waals surface area contributed by atoms with Crippen LogP contribution in [0.15, 0.2) is 70.5 Å². The van der Waals surface area contributed by atoms with Crippen molar-refractivity contribution in [1.29, 1.82) is 0 Å². The van der Waals surface area contributed by atoms with Gasteiger partial charge in [-0.3, -0.25) is 9.59 Å². The van der Waals surface area contributed by atoms with Crippen LogP contribution in [0.25, 0.3) is 0 Å². The van der Waals surface area contributed by atoms with Gasteiger partial charge in [0, 0.05) is 25.0 Å². The number of pyridine rings is 1. The second-order valence-corrected chi connectivity index (χ2v) is 9.77. The molecule has 0 spiro atoms. The van der Waals surface area contributed by atoms with Gasteiger partial charge in [-0.1, -0.05) is 49.7 Å². The lowest BCUT2D eigenvalue weighted by Crippen LogP contribution is -2.31. The van der Waals surface area contributed by atoms with Crippen molar-refractivity contribution in [2.24, 2.45) is 0 Å². The van der Waals surface area contributed by atoms with E-state index in [4.69, 9.17) is 0 Å². The summed E-state index contributed by atoms with van der Waals surface area (Å²) in [6.45, 7) is 8.28. The molecule has 0 aliphatic carbocycles. The maximum atomic E-state index is 13.0. The Morgan fingerprint density at radius 3 is 2.39 bits per heavy atom. The van der Waals surface area contributed by atoms with E-state index in [2.05, 4.69) is 5.32 Å². The van der Waals surface area contributed by atoms with Gasteiger partial charge in [0.05, 0.1) is 11.4 Å². The molecule has 0 atom stereocenters. The molecule has 0 saturated carbocycles. The van der Waals surface area contributed by atoms with Crippen molar-refractivity contribution >= 4 is 21.6 Å². The van der Waals surface area contributed by atoms with Gasteiger partial charge in [0.2, 0.25) is 10.0 Å². The second kappa shape index (κ2) is 10.1. The minimum atomic E-state index is -3.69. The van der Waals surface area contributed by atoms with Gasteiger partial charge in [-0.25, -0.2) is 8.42 Å². The van der Waals surface area contributed by atoms with Crippen LogP contribution in [0, 0.1) is 13.8 Å². The van der Waals surface area contributed by atoms with E-state index in [1.54, 1.807) is 45.2 Å². The highest BCUT2D eigenvalue weighted by Gasteiger charge is 2.24. The number of anilines is 1. The number of aryl methyl sites for hydroxylation is 2. The van der Waals surface area contributed by atoms with E-state index >= 15 is 0 Å². The van der Waals surface area contributed by atoms with Crippen molar-refractivity contribution in [1.82, 2.24) is 8.87 Å². The molecule has 3 aromatic rings. The lowest BCUT2D eigenvalue weighted by Gasteiger charge is -2.20. The molecule has 1 aromatic heterocycles. The number of rotatable bonds is 8. The fourth-order valence-electron chi connectivity index (χ4n) is 3.70. The molecule has 1 heterocycles. The number of aromatic nitrogens is 1. The first-order valence-corrected chi connectivity index (χ1v) is 12.3. The van der Waals surface area contributed by atoms with Gasteiger partial charge in [0.15, 0.2) is 0 Å². The summed E-state index contributed by atoms with van der Waals surface area (Å²) in [6, 6.07) is 15.6. The third kappa shape index (κ3) is 5.40. The van der Waals surface area contributed by atoms with E-state index in [1.807, 2.05) is 31.2 Å². The Morgan fingerprint density at radius 1 is 1.00 bits per heavy atom. The van der Waals surface area contributed by atoms with Crippen LogP contribution in [0.5, 0.6) is 0 Å². The van der Waals surface area contributed by atoms with Gasteiger partial charge in [0.25, 0.3) is 11.5 Å². The summed E-state index contributed by atoms with van der Waals surface area (Å²) in [4.78, 5) is 26.0. The number of hydrogen-bond donors (Lipinski definition) is 1. The number of nitrogens with one attached hydrogen (secondary N) is 1. The largest absolute Gasteiger partial charge is 0.322 e. The van der Waals surface area contributed by atoms with Gasteiger partial charge in [0.1, 0.15) is 5.56 Å². The predicted molar refractivity (Wildman–Crippen MR) is 130 cm³/mol. The Hall–Kier alpha value is -3.23. The van der Waals surface area contributed by atoms with Crippen molar-refractivity contribution in [3.8, 4) is 0 Å². The topological polar surface area (TPSA) is 88.5 Å². The normalized spacial score (nSPS) is 11.5. The quantitative estimate of drug-likeness (QED) is 0.546. The number of carbonyl (C=O) groups is 1. The first kappa shape index (κ1) is 24.4. The van der Waals surface area contributed by atoms with Crippen LogP contribution in [0.1, 0.15) is 40.9 Å². The average Bonchev–Trinajstić information content (AvgIpc) is 2.77. The van der Waals surface area contributed by atoms with E-state index in [1.165, 1.54) is 21.0 Å². The summed E-state index contributed by atoms with van der Waals surface area (Å²) in [5, 5.41) is 2.68. The van der Waals surface area contributed by atoms with Crippen LogP contribution < -0.4 is 10.9 Å². The Balaban J connectivity index is 1.89. The number of sulfonamides is 1. The Kier molecular flexibility index (Phi) is 7.50. The van der Waals surface area contributed by atoms with Crippen molar-refractivity contribution < 1.29 is 13.2 Å². The number of amides is 1. The zero-order valence-corrected chi connectivity index (χ0v) is 20.1. The smallest absolute Gasteiger partial charge is 0.263 e. The molecule has 7 nitrogen and oxygen atoms in total. The van der Waals surface area contributed by atoms with E-state index in [-0.39, 0.29) is 10.5 Å². The van der Waals surface area contributed by atoms with Crippen molar-refractivity contribution in [3.63, 3.8) is 0 Å². The van der Waals surface area contributed by atoms with Gasteiger partial charge in [-0.05, 0) is 49.2 Å². The van der Waals surface area contributed by atoms with Gasteiger partial charge in [-0.15, -0.1) is 0 Å². The summed E-state index contributed by atoms with van der Waals surface area (Å²) < 4.78 is 28.8. The van der Waals surface area contributed by atoms with Crippen molar-refractivity contribution in [2.45, 2.75) is 39.1 Å². The minimum Gasteiger partial charge on any atom is -0.322 e. The summed E-state index contributed by atoms with van der Waals surface area (Å²) in [7, 11) is -3.69. The van der Waals surface area contributed by atoms with Crippen LogP contribution >= 0.6 is 0 Å². The average molecular weight is 468 g/mol. The van der Waals surface area contributed by atoms with Crippen molar-refractivity contribution in [2.75, 3.05) is 18.4 Å². The third-order valence-corrected chi connectivity index (χ3v) is 7.66. The molecule has 0 radical (unpaired) electrons. The summed E-state index contributed by atoms with van der Waals surface area (Å²) >= 11 is 0. The van der Waals surface area contributed by atoms with E-state index in [0.717, 1.165) is 11.1 Å². The molecular weight excluding hydrogens is 438 g/mol. The molecular formula is C25H29N3O4S. The highest BCUT2D eigenvalue weighted by molar-refractivity contribution is 7.89. The second-order valence-electron chi connectivity index (χ2n) is 7.87. The van der Waals surface area contributed by atoms with Crippen LogP contribution in [-0.2, 0) is 16.6 Å². The molecule has 0 fully saturated rings. The highest BCUT2D eigenvalue weighted by atomic mass is 32.2. The van der Waals surface area contributed by atoms with Gasteiger partial charge < -0.3 is 9.88 Å². The monoisotopic (exact) mass is 467 g/mol. The lowest BCUT2D eigenvalue weighted by atomic mass is 10.1. The first-order valence-electron chi connectivity index (χ1n) is 10.8. The molecule has 0 aliphatic rings. The fraction of sp³-hybridized carbons (Fsp3) is 0.280. The maximum Gasteiger partial charge on any atom is 0.263 e. The fourth-order valence-corrected chi connectivity index (χ4v) is 5.41. The molecule has 2 aromatic carbocycles. The third-order valence-electron chi connectivity index (χ3n) is 5.47. The van der Waals surface area contributed by atoms with Gasteiger partial charge >= 0.3 is 0 Å². The number of nitrogens with zero attached hydrogens (tertiary/aromatic N) is 2. The predicted octanol–water partition coefficient (Wildman–Crippen LogP) is 3.80. The Bertz CT molecular complexity index is 1330. The first-order chi connectivity index (χ1) is 15.7. The minimum absolute atomic E-state index is 0.0149. The molecule has 174 valence electrons.